The van der Waals surface area contributed by atoms with Gasteiger partial charge >= 0.3 is 0 Å². The van der Waals surface area contributed by atoms with E-state index in [1.54, 1.807) is 45.6 Å². The van der Waals surface area contributed by atoms with Crippen LogP contribution in [0.5, 0.6) is 17.2 Å². The molecule has 25 heavy (non-hydrogen) atoms. The van der Waals surface area contributed by atoms with Crippen LogP contribution in [0.3, 0.4) is 0 Å². The summed E-state index contributed by atoms with van der Waals surface area (Å²) in [6, 6.07) is 10.3. The van der Waals surface area contributed by atoms with Gasteiger partial charge in [0.2, 0.25) is 10.0 Å². The lowest BCUT2D eigenvalue weighted by Crippen LogP contribution is -2.26. The number of hydrogen-bond donors (Lipinski definition) is 1. The molecule has 2 aromatic carbocycles. The van der Waals surface area contributed by atoms with E-state index in [2.05, 4.69) is 4.72 Å². The molecule has 0 bridgehead atoms. The monoisotopic (exact) mass is 365 g/mol. The Morgan fingerprint density at radius 1 is 1.00 bits per heavy atom. The second-order valence-electron chi connectivity index (χ2n) is 5.49. The summed E-state index contributed by atoms with van der Waals surface area (Å²) in [6.07, 6.45) is 0.432. The standard InChI is InChI=1S/C18H23NO5S/c1-13-6-5-7-16(10-13)25(20,21)19-9-8-14-11-15(22-2)12-17(23-3)18(14)24-4/h5-7,10-12,19H,8-9H2,1-4H3. The first-order valence-electron chi connectivity index (χ1n) is 7.76. The van der Waals surface area contributed by atoms with E-state index < -0.39 is 10.0 Å². The van der Waals surface area contributed by atoms with E-state index in [0.717, 1.165) is 11.1 Å². The summed E-state index contributed by atoms with van der Waals surface area (Å²) in [5, 5.41) is 0. The maximum atomic E-state index is 12.4. The molecule has 0 heterocycles. The SMILES string of the molecule is COc1cc(CCNS(=O)(=O)c2cccc(C)c2)c(OC)c(OC)c1. The van der Waals surface area contributed by atoms with Crippen molar-refractivity contribution in [1.29, 1.82) is 0 Å². The third-order valence-electron chi connectivity index (χ3n) is 3.75. The summed E-state index contributed by atoms with van der Waals surface area (Å²) in [5.74, 6) is 1.73. The van der Waals surface area contributed by atoms with E-state index in [4.69, 9.17) is 14.2 Å². The third kappa shape index (κ3) is 4.64. The number of hydrogen-bond acceptors (Lipinski definition) is 5. The molecule has 0 atom stereocenters. The first-order valence-corrected chi connectivity index (χ1v) is 9.25. The zero-order valence-electron chi connectivity index (χ0n) is 14.8. The third-order valence-corrected chi connectivity index (χ3v) is 5.21. The lowest BCUT2D eigenvalue weighted by Gasteiger charge is -2.15. The van der Waals surface area contributed by atoms with Crippen molar-refractivity contribution in [1.82, 2.24) is 4.72 Å². The van der Waals surface area contributed by atoms with Gasteiger partial charge in [0.05, 0.1) is 26.2 Å². The van der Waals surface area contributed by atoms with Crippen LogP contribution < -0.4 is 18.9 Å². The molecule has 6 nitrogen and oxygen atoms in total. The predicted octanol–water partition coefficient (Wildman–Crippen LogP) is 2.54. The molecule has 0 spiro atoms. The highest BCUT2D eigenvalue weighted by molar-refractivity contribution is 7.89. The molecule has 0 unspecified atom stereocenters. The topological polar surface area (TPSA) is 73.9 Å². The average molecular weight is 365 g/mol. The molecule has 0 aliphatic carbocycles. The van der Waals surface area contributed by atoms with E-state index >= 15 is 0 Å². The fourth-order valence-electron chi connectivity index (χ4n) is 2.50. The zero-order valence-corrected chi connectivity index (χ0v) is 15.6. The molecule has 1 N–H and O–H groups in total. The van der Waals surface area contributed by atoms with Crippen LogP contribution in [-0.2, 0) is 16.4 Å². The number of methoxy groups -OCH3 is 3. The van der Waals surface area contributed by atoms with Crippen LogP contribution >= 0.6 is 0 Å². The lowest BCUT2D eigenvalue weighted by molar-refractivity contribution is 0.345. The average Bonchev–Trinajstić information content (AvgIpc) is 2.60. The van der Waals surface area contributed by atoms with Crippen molar-refractivity contribution in [3.63, 3.8) is 0 Å². The van der Waals surface area contributed by atoms with Gasteiger partial charge in [-0.15, -0.1) is 0 Å². The summed E-state index contributed by atoms with van der Waals surface area (Å²) in [4.78, 5) is 0.252. The van der Waals surface area contributed by atoms with Gasteiger partial charge in [0.15, 0.2) is 11.5 Å². The van der Waals surface area contributed by atoms with Crippen LogP contribution in [0.1, 0.15) is 11.1 Å². The van der Waals surface area contributed by atoms with Crippen LogP contribution in [0.4, 0.5) is 0 Å². The minimum atomic E-state index is -3.56. The van der Waals surface area contributed by atoms with Gasteiger partial charge < -0.3 is 14.2 Å². The van der Waals surface area contributed by atoms with Crippen molar-refractivity contribution in [2.75, 3.05) is 27.9 Å². The summed E-state index contributed by atoms with van der Waals surface area (Å²) < 4.78 is 43.3. The molecule has 7 heteroatoms. The highest BCUT2D eigenvalue weighted by atomic mass is 32.2. The van der Waals surface area contributed by atoms with Crippen molar-refractivity contribution in [2.24, 2.45) is 0 Å². The molecule has 0 saturated heterocycles. The minimum absolute atomic E-state index is 0.225. The fraction of sp³-hybridized carbons (Fsp3) is 0.333. The number of aryl methyl sites for hydroxylation is 1. The molecule has 0 fully saturated rings. The second kappa shape index (κ2) is 8.22. The van der Waals surface area contributed by atoms with E-state index in [9.17, 15) is 8.42 Å². The van der Waals surface area contributed by atoms with Gasteiger partial charge in [0.1, 0.15) is 5.75 Å². The Labute approximate surface area is 148 Å². The quantitative estimate of drug-likeness (QED) is 0.778. The first kappa shape index (κ1) is 19.1. The van der Waals surface area contributed by atoms with Gasteiger partial charge in [0.25, 0.3) is 0 Å². The molecule has 136 valence electrons. The lowest BCUT2D eigenvalue weighted by atomic mass is 10.1. The van der Waals surface area contributed by atoms with E-state index in [-0.39, 0.29) is 11.4 Å². The summed E-state index contributed by atoms with van der Waals surface area (Å²) in [6.45, 7) is 2.08. The largest absolute Gasteiger partial charge is 0.497 e. The summed E-state index contributed by atoms with van der Waals surface area (Å²) in [5.41, 5.74) is 1.69. The molecule has 0 aliphatic rings. The summed E-state index contributed by atoms with van der Waals surface area (Å²) in [7, 11) is 1.09. The normalized spacial score (nSPS) is 11.2. The van der Waals surface area contributed by atoms with Crippen molar-refractivity contribution in [3.05, 3.63) is 47.5 Å². The van der Waals surface area contributed by atoms with Crippen molar-refractivity contribution in [3.8, 4) is 17.2 Å². The molecule has 2 aromatic rings. The Kier molecular flexibility index (Phi) is 6.27. The Morgan fingerprint density at radius 3 is 2.36 bits per heavy atom. The van der Waals surface area contributed by atoms with Crippen molar-refractivity contribution in [2.45, 2.75) is 18.2 Å². The molecule has 0 radical (unpaired) electrons. The van der Waals surface area contributed by atoms with Gasteiger partial charge in [0, 0.05) is 18.2 Å². The van der Waals surface area contributed by atoms with Crippen LogP contribution in [-0.4, -0.2) is 36.3 Å². The van der Waals surface area contributed by atoms with Gasteiger partial charge in [-0.1, -0.05) is 12.1 Å². The number of nitrogens with one attached hydrogen (secondary N) is 1. The molecular formula is C18H23NO5S. The highest BCUT2D eigenvalue weighted by Crippen LogP contribution is 2.35. The molecule has 0 aromatic heterocycles. The van der Waals surface area contributed by atoms with Crippen LogP contribution in [0.2, 0.25) is 0 Å². The van der Waals surface area contributed by atoms with Gasteiger partial charge in [-0.05, 0) is 37.1 Å². The van der Waals surface area contributed by atoms with Crippen molar-refractivity contribution < 1.29 is 22.6 Å². The zero-order chi connectivity index (χ0) is 18.4. The Morgan fingerprint density at radius 2 is 1.76 bits per heavy atom. The Bertz CT molecular complexity index is 833. The van der Waals surface area contributed by atoms with E-state index in [1.165, 1.54) is 0 Å². The van der Waals surface area contributed by atoms with Crippen LogP contribution in [0, 0.1) is 6.92 Å². The highest BCUT2D eigenvalue weighted by Gasteiger charge is 2.16. The fourth-order valence-corrected chi connectivity index (χ4v) is 3.64. The number of benzene rings is 2. The number of rotatable bonds is 8. The number of ether oxygens (including phenoxy) is 3. The molecular weight excluding hydrogens is 342 g/mol. The Hall–Kier alpha value is -2.25. The minimum Gasteiger partial charge on any atom is -0.497 e. The smallest absolute Gasteiger partial charge is 0.240 e. The number of sulfonamides is 1. The molecule has 0 saturated carbocycles. The molecule has 0 aliphatic heterocycles. The van der Waals surface area contributed by atoms with Crippen LogP contribution in [0.15, 0.2) is 41.3 Å². The Balaban J connectivity index is 2.16. The summed E-state index contributed by atoms with van der Waals surface area (Å²) >= 11 is 0. The maximum Gasteiger partial charge on any atom is 0.240 e. The molecule has 0 amide bonds. The second-order valence-corrected chi connectivity index (χ2v) is 7.25. The molecule has 2 rings (SSSR count). The maximum absolute atomic E-state index is 12.4. The van der Waals surface area contributed by atoms with Crippen molar-refractivity contribution >= 4 is 10.0 Å². The van der Waals surface area contributed by atoms with Gasteiger partial charge in [-0.3, -0.25) is 0 Å². The van der Waals surface area contributed by atoms with Gasteiger partial charge in [-0.2, -0.15) is 0 Å². The first-order chi connectivity index (χ1) is 11.9. The van der Waals surface area contributed by atoms with E-state index in [1.807, 2.05) is 19.1 Å². The van der Waals surface area contributed by atoms with Gasteiger partial charge in [-0.25, -0.2) is 13.1 Å². The predicted molar refractivity (Wildman–Crippen MR) is 96.2 cm³/mol. The van der Waals surface area contributed by atoms with E-state index in [0.29, 0.717) is 23.7 Å². The van der Waals surface area contributed by atoms with Crippen LogP contribution in [0.25, 0.3) is 0 Å².